The molecule has 0 fully saturated rings. The maximum absolute atomic E-state index is 13.6. The quantitative estimate of drug-likeness (QED) is 0.866. The summed E-state index contributed by atoms with van der Waals surface area (Å²) in [6.07, 6.45) is 1.02. The molecule has 18 heavy (non-hydrogen) atoms. The molecule has 2 aromatic rings. The number of hydrogen-bond donors (Lipinski definition) is 2. The van der Waals surface area contributed by atoms with Crippen molar-refractivity contribution in [3.63, 3.8) is 0 Å². The van der Waals surface area contributed by atoms with Crippen LogP contribution in [0.15, 0.2) is 36.4 Å². The highest BCUT2D eigenvalue weighted by Crippen LogP contribution is 2.27. The lowest BCUT2D eigenvalue weighted by Crippen LogP contribution is -2.20. The van der Waals surface area contributed by atoms with Crippen molar-refractivity contribution in [3.05, 3.63) is 52.0 Å². The Labute approximate surface area is 111 Å². The topological polar surface area (TPSA) is 38.0 Å². The van der Waals surface area contributed by atoms with Gasteiger partial charge in [0.25, 0.3) is 0 Å². The Morgan fingerprint density at radius 2 is 2.06 bits per heavy atom. The fraction of sp³-hybridized carbons (Fsp3) is 0.286. The van der Waals surface area contributed by atoms with E-state index in [4.69, 9.17) is 5.73 Å². The summed E-state index contributed by atoms with van der Waals surface area (Å²) in [5.41, 5.74) is 6.27. The average Bonchev–Trinajstić information content (AvgIpc) is 2.86. The van der Waals surface area contributed by atoms with Crippen LogP contribution < -0.4 is 11.1 Å². The van der Waals surface area contributed by atoms with Gasteiger partial charge in [0.15, 0.2) is 0 Å². The number of hydrogen-bond acceptors (Lipinski definition) is 3. The van der Waals surface area contributed by atoms with E-state index < -0.39 is 0 Å². The summed E-state index contributed by atoms with van der Waals surface area (Å²) in [6, 6.07) is 10.8. The fourth-order valence-corrected chi connectivity index (χ4v) is 2.80. The van der Waals surface area contributed by atoms with Crippen molar-refractivity contribution in [2.45, 2.75) is 19.4 Å². The molecule has 96 valence electrons. The lowest BCUT2D eigenvalue weighted by atomic mass is 10.2. The van der Waals surface area contributed by atoms with E-state index in [0.717, 1.165) is 11.3 Å². The molecule has 2 rings (SSSR count). The maximum Gasteiger partial charge on any atom is 0.146 e. The summed E-state index contributed by atoms with van der Waals surface area (Å²) in [4.78, 5) is 2.47. The Balaban J connectivity index is 2.17. The predicted octanol–water partition coefficient (Wildman–Crippen LogP) is 3.56. The Morgan fingerprint density at radius 1 is 1.28 bits per heavy atom. The number of nitrogens with one attached hydrogen (secondary N) is 1. The van der Waals surface area contributed by atoms with Crippen molar-refractivity contribution in [2.24, 2.45) is 5.73 Å². The largest absolute Gasteiger partial charge is 0.374 e. The van der Waals surface area contributed by atoms with Crippen LogP contribution in [0.3, 0.4) is 0 Å². The second-order valence-electron chi connectivity index (χ2n) is 4.07. The first-order chi connectivity index (χ1) is 8.74. The minimum atomic E-state index is -0.247. The summed E-state index contributed by atoms with van der Waals surface area (Å²) in [5.74, 6) is -0.247. The van der Waals surface area contributed by atoms with E-state index in [1.807, 2.05) is 6.07 Å². The molecule has 0 spiro atoms. The number of aryl methyl sites for hydroxylation is 1. The van der Waals surface area contributed by atoms with Crippen molar-refractivity contribution < 1.29 is 4.39 Å². The molecule has 1 atom stereocenters. The molecular formula is C14H17FN2S. The van der Waals surface area contributed by atoms with E-state index in [0.29, 0.717) is 12.2 Å². The van der Waals surface area contributed by atoms with Gasteiger partial charge in [0, 0.05) is 16.3 Å². The first kappa shape index (κ1) is 13.1. The van der Waals surface area contributed by atoms with Crippen LogP contribution in [0.4, 0.5) is 10.1 Å². The van der Waals surface area contributed by atoms with E-state index >= 15 is 0 Å². The molecule has 1 heterocycles. The second-order valence-corrected chi connectivity index (χ2v) is 5.27. The van der Waals surface area contributed by atoms with Crippen LogP contribution >= 0.6 is 11.3 Å². The fourth-order valence-electron chi connectivity index (χ4n) is 1.78. The van der Waals surface area contributed by atoms with E-state index in [1.165, 1.54) is 10.9 Å². The van der Waals surface area contributed by atoms with Crippen molar-refractivity contribution in [2.75, 3.05) is 11.9 Å². The van der Waals surface area contributed by atoms with E-state index in [9.17, 15) is 4.39 Å². The number of rotatable bonds is 5. The molecule has 4 heteroatoms. The monoisotopic (exact) mass is 264 g/mol. The predicted molar refractivity (Wildman–Crippen MR) is 75.5 cm³/mol. The lowest BCUT2D eigenvalue weighted by molar-refractivity contribution is 0.626. The number of benzene rings is 1. The molecule has 0 amide bonds. The van der Waals surface area contributed by atoms with Crippen LogP contribution in [-0.4, -0.2) is 6.54 Å². The third-order valence-corrected chi connectivity index (χ3v) is 4.16. The molecule has 1 unspecified atom stereocenters. The van der Waals surface area contributed by atoms with Crippen LogP contribution in [0.5, 0.6) is 0 Å². The first-order valence-corrected chi connectivity index (χ1v) is 6.86. The maximum atomic E-state index is 13.6. The second kappa shape index (κ2) is 5.98. The summed E-state index contributed by atoms with van der Waals surface area (Å²) < 4.78 is 13.6. The molecule has 3 N–H and O–H groups in total. The highest BCUT2D eigenvalue weighted by atomic mass is 32.1. The highest BCUT2D eigenvalue weighted by Gasteiger charge is 2.13. The van der Waals surface area contributed by atoms with Gasteiger partial charge >= 0.3 is 0 Å². The summed E-state index contributed by atoms with van der Waals surface area (Å²) >= 11 is 1.73. The minimum absolute atomic E-state index is 0.0350. The Kier molecular flexibility index (Phi) is 4.33. The number of anilines is 1. The number of halogens is 1. The SMILES string of the molecule is CCc1ccc(C(CN)Nc2ccccc2F)s1. The van der Waals surface area contributed by atoms with Crippen molar-refractivity contribution in [1.29, 1.82) is 0 Å². The summed E-state index contributed by atoms with van der Waals surface area (Å²) in [6.45, 7) is 2.56. The van der Waals surface area contributed by atoms with Gasteiger partial charge in [-0.2, -0.15) is 0 Å². The van der Waals surface area contributed by atoms with Gasteiger partial charge in [0.05, 0.1) is 11.7 Å². The molecule has 0 aliphatic heterocycles. The van der Waals surface area contributed by atoms with E-state index in [-0.39, 0.29) is 11.9 Å². The highest BCUT2D eigenvalue weighted by molar-refractivity contribution is 7.12. The van der Waals surface area contributed by atoms with Crippen molar-refractivity contribution in [1.82, 2.24) is 0 Å². The molecule has 1 aromatic heterocycles. The number of nitrogens with two attached hydrogens (primary N) is 1. The molecule has 0 bridgehead atoms. The third-order valence-electron chi connectivity index (χ3n) is 2.81. The van der Waals surface area contributed by atoms with Crippen LogP contribution in [0.2, 0.25) is 0 Å². The molecule has 0 aliphatic rings. The van der Waals surface area contributed by atoms with E-state index in [1.54, 1.807) is 23.5 Å². The molecule has 0 saturated carbocycles. The summed E-state index contributed by atoms with van der Waals surface area (Å²) in [7, 11) is 0. The first-order valence-electron chi connectivity index (χ1n) is 6.04. The van der Waals surface area contributed by atoms with Crippen LogP contribution in [0.25, 0.3) is 0 Å². The standard InChI is InChI=1S/C14H17FN2S/c1-2-10-7-8-14(18-10)13(9-16)17-12-6-4-3-5-11(12)15/h3-8,13,17H,2,9,16H2,1H3. The zero-order valence-electron chi connectivity index (χ0n) is 10.3. The van der Waals surface area contributed by atoms with Crippen LogP contribution in [0, 0.1) is 5.82 Å². The number of para-hydroxylation sites is 1. The number of thiophene rings is 1. The molecule has 0 radical (unpaired) electrons. The van der Waals surface area contributed by atoms with Gasteiger partial charge < -0.3 is 11.1 Å². The van der Waals surface area contributed by atoms with Crippen molar-refractivity contribution >= 4 is 17.0 Å². The third kappa shape index (κ3) is 2.89. The van der Waals surface area contributed by atoms with Gasteiger partial charge in [0.1, 0.15) is 5.82 Å². The van der Waals surface area contributed by atoms with Gasteiger partial charge in [-0.3, -0.25) is 0 Å². The Hall–Kier alpha value is -1.39. The van der Waals surface area contributed by atoms with Crippen molar-refractivity contribution in [3.8, 4) is 0 Å². The van der Waals surface area contributed by atoms with Gasteiger partial charge in [-0.05, 0) is 30.7 Å². The molecule has 0 saturated heterocycles. The Morgan fingerprint density at radius 3 is 2.67 bits per heavy atom. The molecule has 2 nitrogen and oxygen atoms in total. The smallest absolute Gasteiger partial charge is 0.146 e. The van der Waals surface area contributed by atoms with Crippen LogP contribution in [-0.2, 0) is 6.42 Å². The Bertz CT molecular complexity index is 510. The normalized spacial score (nSPS) is 12.4. The van der Waals surface area contributed by atoms with Gasteiger partial charge in [-0.15, -0.1) is 11.3 Å². The van der Waals surface area contributed by atoms with Gasteiger partial charge in [-0.25, -0.2) is 4.39 Å². The summed E-state index contributed by atoms with van der Waals surface area (Å²) in [5, 5.41) is 3.16. The van der Waals surface area contributed by atoms with Crippen LogP contribution in [0.1, 0.15) is 22.7 Å². The van der Waals surface area contributed by atoms with E-state index in [2.05, 4.69) is 24.4 Å². The van der Waals surface area contributed by atoms with Gasteiger partial charge in [0.2, 0.25) is 0 Å². The average molecular weight is 264 g/mol. The zero-order chi connectivity index (χ0) is 13.0. The molecule has 1 aromatic carbocycles. The zero-order valence-corrected chi connectivity index (χ0v) is 11.1. The lowest BCUT2D eigenvalue weighted by Gasteiger charge is -2.17. The molecule has 0 aliphatic carbocycles. The molecular weight excluding hydrogens is 247 g/mol. The van der Waals surface area contributed by atoms with Gasteiger partial charge in [-0.1, -0.05) is 19.1 Å². The minimum Gasteiger partial charge on any atom is -0.374 e.